The van der Waals surface area contributed by atoms with Crippen molar-refractivity contribution in [1.82, 2.24) is 4.90 Å². The van der Waals surface area contributed by atoms with Crippen LogP contribution < -0.4 is 5.73 Å². The minimum Gasteiger partial charge on any atom is -0.383 e. The third-order valence-corrected chi connectivity index (χ3v) is 3.33. The van der Waals surface area contributed by atoms with Crippen LogP contribution in [0, 0.1) is 0 Å². The number of benzene rings is 1. The van der Waals surface area contributed by atoms with Gasteiger partial charge in [0, 0.05) is 20.2 Å². The van der Waals surface area contributed by atoms with Gasteiger partial charge >= 0.3 is 0 Å². The van der Waals surface area contributed by atoms with Crippen LogP contribution in [0.2, 0.25) is 0 Å². The second-order valence-electron chi connectivity index (χ2n) is 4.69. The van der Waals surface area contributed by atoms with Gasteiger partial charge in [-0.1, -0.05) is 36.4 Å². The normalized spacial score (nSPS) is 16.9. The van der Waals surface area contributed by atoms with E-state index in [1.807, 2.05) is 18.2 Å². The smallest absolute Gasteiger partial charge is 0.242 e. The summed E-state index contributed by atoms with van der Waals surface area (Å²) in [5.74, 6) is -0.0368. The molecule has 0 saturated heterocycles. The van der Waals surface area contributed by atoms with Crippen LogP contribution in [0.15, 0.2) is 36.4 Å². The Kier molecular flexibility index (Phi) is 4.71. The molecular weight excluding hydrogens is 240 g/mol. The second kappa shape index (κ2) is 6.50. The average Bonchev–Trinajstić information content (AvgIpc) is 2.48. The number of carbonyl (C=O) groups excluding carboxylic acids is 1. The fourth-order valence-electron chi connectivity index (χ4n) is 2.27. The van der Waals surface area contributed by atoms with E-state index in [0.29, 0.717) is 6.54 Å². The lowest BCUT2D eigenvalue weighted by Crippen LogP contribution is -2.47. The predicted molar refractivity (Wildman–Crippen MR) is 75.5 cm³/mol. The summed E-state index contributed by atoms with van der Waals surface area (Å²) in [5, 5.41) is 0. The molecule has 1 atom stereocenters. The van der Waals surface area contributed by atoms with E-state index in [0.717, 1.165) is 13.0 Å². The maximum absolute atomic E-state index is 12.0. The topological polar surface area (TPSA) is 55.6 Å². The molecule has 1 aliphatic heterocycles. The highest BCUT2D eigenvalue weighted by atomic mass is 16.5. The number of nitrogens with zero attached hydrogens (tertiary/aromatic N) is 1. The monoisotopic (exact) mass is 260 g/mol. The van der Waals surface area contributed by atoms with Crippen molar-refractivity contribution in [2.45, 2.75) is 12.5 Å². The molecular formula is C15H20N2O2. The van der Waals surface area contributed by atoms with Crippen LogP contribution in [0.5, 0.6) is 0 Å². The standard InChI is InChI=1S/C15H20N2O2/c1-19-11-14(16)15(18)17-9-7-13(8-10-17)12-5-3-2-4-6-12/h2-7,14H,8-11,16H2,1H3. The molecule has 0 fully saturated rings. The SMILES string of the molecule is COCC(N)C(=O)N1CC=C(c2ccccc2)CC1. The lowest BCUT2D eigenvalue weighted by Gasteiger charge is -2.28. The van der Waals surface area contributed by atoms with E-state index in [9.17, 15) is 4.79 Å². The van der Waals surface area contributed by atoms with Crippen molar-refractivity contribution in [3.63, 3.8) is 0 Å². The van der Waals surface area contributed by atoms with Crippen molar-refractivity contribution in [2.75, 3.05) is 26.8 Å². The molecule has 1 aromatic rings. The van der Waals surface area contributed by atoms with Crippen LogP contribution in [0.4, 0.5) is 0 Å². The molecule has 0 aliphatic carbocycles. The molecule has 1 heterocycles. The van der Waals surface area contributed by atoms with Gasteiger partial charge in [0.2, 0.25) is 5.91 Å². The summed E-state index contributed by atoms with van der Waals surface area (Å²) >= 11 is 0. The summed E-state index contributed by atoms with van der Waals surface area (Å²) in [5.41, 5.74) is 8.30. The van der Waals surface area contributed by atoms with E-state index in [4.69, 9.17) is 10.5 Å². The Balaban J connectivity index is 1.98. The maximum atomic E-state index is 12.0. The molecule has 19 heavy (non-hydrogen) atoms. The minimum atomic E-state index is -0.559. The summed E-state index contributed by atoms with van der Waals surface area (Å²) in [4.78, 5) is 13.8. The van der Waals surface area contributed by atoms with Gasteiger partial charge in [-0.15, -0.1) is 0 Å². The highest BCUT2D eigenvalue weighted by Crippen LogP contribution is 2.22. The third-order valence-electron chi connectivity index (χ3n) is 3.33. The fourth-order valence-corrected chi connectivity index (χ4v) is 2.27. The molecule has 2 N–H and O–H groups in total. The van der Waals surface area contributed by atoms with Gasteiger partial charge in [0.05, 0.1) is 6.61 Å². The van der Waals surface area contributed by atoms with E-state index in [1.165, 1.54) is 11.1 Å². The second-order valence-corrected chi connectivity index (χ2v) is 4.69. The molecule has 1 unspecified atom stereocenters. The van der Waals surface area contributed by atoms with Gasteiger partial charge in [0.1, 0.15) is 6.04 Å². The van der Waals surface area contributed by atoms with Crippen LogP contribution in [0.3, 0.4) is 0 Å². The number of carbonyl (C=O) groups is 1. The lowest BCUT2D eigenvalue weighted by atomic mass is 9.99. The van der Waals surface area contributed by atoms with Crippen molar-refractivity contribution < 1.29 is 9.53 Å². The van der Waals surface area contributed by atoms with E-state index in [1.54, 1.807) is 12.0 Å². The molecule has 0 spiro atoms. The van der Waals surface area contributed by atoms with Crippen LogP contribution in [0.1, 0.15) is 12.0 Å². The summed E-state index contributed by atoms with van der Waals surface area (Å²) in [6, 6.07) is 9.70. The number of rotatable bonds is 4. The zero-order chi connectivity index (χ0) is 13.7. The van der Waals surface area contributed by atoms with E-state index >= 15 is 0 Å². The van der Waals surface area contributed by atoms with Gasteiger partial charge in [-0.2, -0.15) is 0 Å². The van der Waals surface area contributed by atoms with Gasteiger partial charge in [-0.05, 0) is 17.6 Å². The largest absolute Gasteiger partial charge is 0.383 e. The van der Waals surface area contributed by atoms with Crippen molar-refractivity contribution in [1.29, 1.82) is 0 Å². The van der Waals surface area contributed by atoms with Gasteiger partial charge in [-0.25, -0.2) is 0 Å². The first kappa shape index (κ1) is 13.8. The zero-order valence-electron chi connectivity index (χ0n) is 11.2. The van der Waals surface area contributed by atoms with Crippen LogP contribution >= 0.6 is 0 Å². The number of nitrogens with two attached hydrogens (primary N) is 1. The summed E-state index contributed by atoms with van der Waals surface area (Å²) in [6.45, 7) is 1.61. The Morgan fingerprint density at radius 1 is 1.42 bits per heavy atom. The van der Waals surface area contributed by atoms with Crippen molar-refractivity contribution in [3.8, 4) is 0 Å². The van der Waals surface area contributed by atoms with E-state index < -0.39 is 6.04 Å². The molecule has 1 amide bonds. The van der Waals surface area contributed by atoms with Crippen molar-refractivity contribution in [2.24, 2.45) is 5.73 Å². The molecule has 102 valence electrons. The highest BCUT2D eigenvalue weighted by Gasteiger charge is 2.22. The molecule has 4 heteroatoms. The van der Waals surface area contributed by atoms with Crippen LogP contribution in [0.25, 0.3) is 5.57 Å². The molecule has 4 nitrogen and oxygen atoms in total. The average molecular weight is 260 g/mol. The Labute approximate surface area is 113 Å². The quantitative estimate of drug-likeness (QED) is 0.887. The lowest BCUT2D eigenvalue weighted by molar-refractivity contribution is -0.133. The third kappa shape index (κ3) is 3.43. The number of amides is 1. The molecule has 0 radical (unpaired) electrons. The van der Waals surface area contributed by atoms with Crippen LogP contribution in [-0.2, 0) is 9.53 Å². The molecule has 1 aromatic carbocycles. The molecule has 1 aliphatic rings. The number of hydrogen-bond acceptors (Lipinski definition) is 3. The minimum absolute atomic E-state index is 0.0368. The number of methoxy groups -OCH3 is 1. The summed E-state index contributed by atoms with van der Waals surface area (Å²) in [6.07, 6.45) is 2.98. The maximum Gasteiger partial charge on any atom is 0.242 e. The van der Waals surface area contributed by atoms with Gasteiger partial charge < -0.3 is 15.4 Å². The first-order chi connectivity index (χ1) is 9.22. The van der Waals surface area contributed by atoms with Gasteiger partial charge in [-0.3, -0.25) is 4.79 Å². The van der Waals surface area contributed by atoms with Crippen molar-refractivity contribution >= 4 is 11.5 Å². The first-order valence-corrected chi connectivity index (χ1v) is 6.50. The van der Waals surface area contributed by atoms with Crippen molar-refractivity contribution in [3.05, 3.63) is 42.0 Å². The predicted octanol–water partition coefficient (Wildman–Crippen LogP) is 1.28. The highest BCUT2D eigenvalue weighted by molar-refractivity contribution is 5.83. The Morgan fingerprint density at radius 3 is 2.74 bits per heavy atom. The Hall–Kier alpha value is -1.65. The number of hydrogen-bond donors (Lipinski definition) is 1. The van der Waals surface area contributed by atoms with E-state index in [-0.39, 0.29) is 12.5 Å². The Bertz CT molecular complexity index is 456. The molecule has 0 bridgehead atoms. The first-order valence-electron chi connectivity index (χ1n) is 6.50. The molecule has 0 saturated carbocycles. The Morgan fingerprint density at radius 2 is 2.16 bits per heavy atom. The summed E-state index contributed by atoms with van der Waals surface area (Å²) < 4.78 is 4.92. The summed E-state index contributed by atoms with van der Waals surface area (Å²) in [7, 11) is 1.55. The zero-order valence-corrected chi connectivity index (χ0v) is 11.2. The van der Waals surface area contributed by atoms with E-state index in [2.05, 4.69) is 18.2 Å². The fraction of sp³-hybridized carbons (Fsp3) is 0.400. The molecule has 0 aromatic heterocycles. The van der Waals surface area contributed by atoms with Crippen LogP contribution in [-0.4, -0.2) is 43.7 Å². The van der Waals surface area contributed by atoms with Gasteiger partial charge in [0.15, 0.2) is 0 Å². The molecule has 2 rings (SSSR count). The number of ether oxygens (including phenoxy) is 1. The van der Waals surface area contributed by atoms with Gasteiger partial charge in [0.25, 0.3) is 0 Å².